The van der Waals surface area contributed by atoms with Gasteiger partial charge in [0.05, 0.1) is 24.3 Å². The summed E-state index contributed by atoms with van der Waals surface area (Å²) in [4.78, 5) is 19.5. The highest BCUT2D eigenvalue weighted by atomic mass is 19.4. The summed E-state index contributed by atoms with van der Waals surface area (Å²) >= 11 is 0. The number of amides is 1. The van der Waals surface area contributed by atoms with Crippen LogP contribution in [0.4, 0.5) is 13.2 Å². The molecule has 0 bridgehead atoms. The first-order chi connectivity index (χ1) is 13.2. The maximum Gasteiger partial charge on any atom is 0.416 e. The number of carbonyl (C=O) groups excluding carboxylic acids is 1. The largest absolute Gasteiger partial charge is 0.416 e. The van der Waals surface area contributed by atoms with Gasteiger partial charge in [-0.2, -0.15) is 13.2 Å². The molecule has 28 heavy (non-hydrogen) atoms. The van der Waals surface area contributed by atoms with E-state index in [1.807, 2.05) is 0 Å². The van der Waals surface area contributed by atoms with E-state index >= 15 is 0 Å². The SMILES string of the molecule is CC(C)N1CC2COCCN2C2(CN(C(=O)c3ccc(C(F)(F)F)cc3)C2)C1. The number of hydrogen-bond donors (Lipinski definition) is 0. The van der Waals surface area contributed by atoms with Crippen molar-refractivity contribution >= 4 is 5.91 Å². The van der Waals surface area contributed by atoms with Gasteiger partial charge in [0, 0.05) is 50.4 Å². The van der Waals surface area contributed by atoms with Crippen LogP contribution in [-0.2, 0) is 10.9 Å². The minimum Gasteiger partial charge on any atom is -0.378 e. The lowest BCUT2D eigenvalue weighted by Gasteiger charge is -2.63. The van der Waals surface area contributed by atoms with E-state index in [-0.39, 0.29) is 11.4 Å². The fourth-order valence-electron chi connectivity index (χ4n) is 4.70. The Bertz CT molecular complexity index is 729. The van der Waals surface area contributed by atoms with E-state index in [0.717, 1.165) is 31.8 Å². The second-order valence-electron chi connectivity index (χ2n) is 8.41. The second kappa shape index (κ2) is 7.00. The van der Waals surface area contributed by atoms with Crippen LogP contribution in [0.2, 0.25) is 0 Å². The van der Waals surface area contributed by atoms with Crippen LogP contribution >= 0.6 is 0 Å². The number of alkyl halides is 3. The molecule has 3 aliphatic heterocycles. The third-order valence-corrected chi connectivity index (χ3v) is 6.23. The molecule has 1 aromatic rings. The number of hydrogen-bond acceptors (Lipinski definition) is 4. The van der Waals surface area contributed by atoms with E-state index in [9.17, 15) is 18.0 Å². The van der Waals surface area contributed by atoms with Crippen molar-refractivity contribution < 1.29 is 22.7 Å². The average Bonchev–Trinajstić information content (AvgIpc) is 2.64. The van der Waals surface area contributed by atoms with Crippen molar-refractivity contribution in [2.75, 3.05) is 45.9 Å². The lowest BCUT2D eigenvalue weighted by molar-refractivity contribution is -0.160. The van der Waals surface area contributed by atoms with Crippen LogP contribution in [-0.4, -0.2) is 84.2 Å². The number of morpholine rings is 1. The predicted octanol–water partition coefficient (Wildman–Crippen LogP) is 2.32. The number of fused-ring (bicyclic) bond motifs is 2. The van der Waals surface area contributed by atoms with Crippen molar-refractivity contribution in [2.24, 2.45) is 0 Å². The summed E-state index contributed by atoms with van der Waals surface area (Å²) < 4.78 is 43.9. The van der Waals surface area contributed by atoms with Gasteiger partial charge in [-0.15, -0.1) is 0 Å². The van der Waals surface area contributed by atoms with Gasteiger partial charge >= 0.3 is 6.18 Å². The fourth-order valence-corrected chi connectivity index (χ4v) is 4.70. The normalized spacial score (nSPS) is 25.6. The smallest absolute Gasteiger partial charge is 0.378 e. The first kappa shape index (κ1) is 19.7. The molecule has 3 heterocycles. The zero-order valence-electron chi connectivity index (χ0n) is 16.2. The van der Waals surface area contributed by atoms with E-state index in [4.69, 9.17) is 4.74 Å². The van der Waals surface area contributed by atoms with Gasteiger partial charge in [0.25, 0.3) is 5.91 Å². The van der Waals surface area contributed by atoms with Crippen molar-refractivity contribution in [3.05, 3.63) is 35.4 Å². The summed E-state index contributed by atoms with van der Waals surface area (Å²) in [5.74, 6) is -0.203. The zero-order valence-corrected chi connectivity index (χ0v) is 16.2. The van der Waals surface area contributed by atoms with Crippen LogP contribution in [0.3, 0.4) is 0 Å². The monoisotopic (exact) mass is 397 g/mol. The third-order valence-electron chi connectivity index (χ3n) is 6.23. The standard InChI is InChI=1S/C20H26F3N3O2/c1-14(2)24-9-17-10-28-8-7-26(17)19(11-24)12-25(13-19)18(27)15-3-5-16(6-4-15)20(21,22)23/h3-6,14,17H,7-13H2,1-2H3. The molecule has 0 aliphatic carbocycles. The third kappa shape index (κ3) is 3.42. The Kier molecular flexibility index (Phi) is 4.92. The Morgan fingerprint density at radius 3 is 2.46 bits per heavy atom. The van der Waals surface area contributed by atoms with Gasteiger partial charge in [-0.05, 0) is 38.1 Å². The Balaban J connectivity index is 1.47. The van der Waals surface area contributed by atoms with Gasteiger partial charge in [0.2, 0.25) is 0 Å². The summed E-state index contributed by atoms with van der Waals surface area (Å²) in [7, 11) is 0. The highest BCUT2D eigenvalue weighted by Gasteiger charge is 2.55. The summed E-state index contributed by atoms with van der Waals surface area (Å²) in [6.07, 6.45) is -4.39. The van der Waals surface area contributed by atoms with Gasteiger partial charge < -0.3 is 9.64 Å². The molecule has 1 spiro atoms. The van der Waals surface area contributed by atoms with Crippen molar-refractivity contribution in [1.29, 1.82) is 0 Å². The van der Waals surface area contributed by atoms with E-state index in [1.165, 1.54) is 12.1 Å². The fraction of sp³-hybridized carbons (Fsp3) is 0.650. The van der Waals surface area contributed by atoms with E-state index in [0.29, 0.717) is 44.0 Å². The molecule has 8 heteroatoms. The lowest BCUT2D eigenvalue weighted by atomic mass is 9.81. The molecule has 3 fully saturated rings. The lowest BCUT2D eigenvalue weighted by Crippen LogP contribution is -2.81. The molecule has 0 saturated carbocycles. The summed E-state index contributed by atoms with van der Waals surface area (Å²) in [5.41, 5.74) is -0.517. The van der Waals surface area contributed by atoms with Gasteiger partial charge in [-0.3, -0.25) is 14.6 Å². The summed E-state index contributed by atoms with van der Waals surface area (Å²) in [6.45, 7) is 9.69. The van der Waals surface area contributed by atoms with E-state index < -0.39 is 11.7 Å². The van der Waals surface area contributed by atoms with E-state index in [1.54, 1.807) is 4.90 Å². The number of rotatable bonds is 2. The number of piperazine rings is 1. The Morgan fingerprint density at radius 2 is 1.86 bits per heavy atom. The Labute approximate surface area is 163 Å². The first-order valence-corrected chi connectivity index (χ1v) is 9.75. The average molecular weight is 397 g/mol. The molecule has 0 N–H and O–H groups in total. The van der Waals surface area contributed by atoms with Crippen LogP contribution in [0.1, 0.15) is 29.8 Å². The zero-order chi connectivity index (χ0) is 20.1. The molecule has 1 aromatic carbocycles. The van der Waals surface area contributed by atoms with E-state index in [2.05, 4.69) is 23.6 Å². The molecule has 5 nitrogen and oxygen atoms in total. The minimum atomic E-state index is -4.39. The Morgan fingerprint density at radius 1 is 1.18 bits per heavy atom. The number of benzene rings is 1. The molecule has 4 rings (SSSR count). The van der Waals surface area contributed by atoms with Gasteiger partial charge in [0.15, 0.2) is 0 Å². The van der Waals surface area contributed by atoms with Gasteiger partial charge in [-0.1, -0.05) is 0 Å². The summed E-state index contributed by atoms with van der Waals surface area (Å²) in [5, 5.41) is 0. The van der Waals surface area contributed by atoms with Crippen molar-refractivity contribution in [3.63, 3.8) is 0 Å². The number of nitrogens with zero attached hydrogens (tertiary/aromatic N) is 3. The van der Waals surface area contributed by atoms with Crippen LogP contribution in [0.5, 0.6) is 0 Å². The van der Waals surface area contributed by atoms with Gasteiger partial charge in [-0.25, -0.2) is 0 Å². The molecule has 0 radical (unpaired) electrons. The number of likely N-dealkylation sites (tertiary alicyclic amines) is 1. The summed E-state index contributed by atoms with van der Waals surface area (Å²) in [6, 6.07) is 5.24. The second-order valence-corrected chi connectivity index (χ2v) is 8.41. The van der Waals surface area contributed by atoms with Crippen molar-refractivity contribution in [3.8, 4) is 0 Å². The Hall–Kier alpha value is -1.64. The molecule has 0 aromatic heterocycles. The molecule has 1 amide bonds. The minimum absolute atomic E-state index is 0.0848. The number of halogens is 3. The van der Waals surface area contributed by atoms with Crippen LogP contribution in [0.25, 0.3) is 0 Å². The predicted molar refractivity (Wildman–Crippen MR) is 98.1 cm³/mol. The van der Waals surface area contributed by atoms with Crippen molar-refractivity contribution in [1.82, 2.24) is 14.7 Å². The molecule has 1 atom stereocenters. The molecule has 1 unspecified atom stereocenters. The maximum atomic E-state index is 12.8. The van der Waals surface area contributed by atoms with Crippen LogP contribution in [0, 0.1) is 0 Å². The van der Waals surface area contributed by atoms with Crippen LogP contribution < -0.4 is 0 Å². The molecule has 3 saturated heterocycles. The van der Waals surface area contributed by atoms with Crippen LogP contribution in [0.15, 0.2) is 24.3 Å². The molecular formula is C20H26F3N3O2. The highest BCUT2D eigenvalue weighted by Crippen LogP contribution is 2.37. The molecular weight excluding hydrogens is 371 g/mol. The molecule has 154 valence electrons. The topological polar surface area (TPSA) is 36.0 Å². The van der Waals surface area contributed by atoms with Crippen molar-refractivity contribution in [2.45, 2.75) is 37.6 Å². The quantitative estimate of drug-likeness (QED) is 0.768. The maximum absolute atomic E-state index is 12.8. The number of ether oxygens (including phenoxy) is 1. The highest BCUT2D eigenvalue weighted by molar-refractivity contribution is 5.95. The molecule has 3 aliphatic rings. The number of carbonyl (C=O) groups is 1. The first-order valence-electron chi connectivity index (χ1n) is 9.75. The van der Waals surface area contributed by atoms with Gasteiger partial charge in [0.1, 0.15) is 0 Å².